The molecule has 5 nitrogen and oxygen atoms in total. The quantitative estimate of drug-likeness (QED) is 0.854. The molecule has 140 valence electrons. The van der Waals surface area contributed by atoms with Crippen molar-refractivity contribution in [1.29, 1.82) is 0 Å². The number of carbonyl (C=O) groups is 1. The van der Waals surface area contributed by atoms with E-state index in [2.05, 4.69) is 5.32 Å². The highest BCUT2D eigenvalue weighted by molar-refractivity contribution is 6.31. The fourth-order valence-electron chi connectivity index (χ4n) is 2.76. The lowest BCUT2D eigenvalue weighted by atomic mass is 10.3. The van der Waals surface area contributed by atoms with Crippen LogP contribution >= 0.6 is 11.6 Å². The van der Waals surface area contributed by atoms with Crippen LogP contribution in [0.2, 0.25) is 5.02 Å². The van der Waals surface area contributed by atoms with E-state index in [-0.39, 0.29) is 19.0 Å². The summed E-state index contributed by atoms with van der Waals surface area (Å²) in [5, 5.41) is 3.20. The lowest BCUT2D eigenvalue weighted by molar-refractivity contribution is -0.145. The van der Waals surface area contributed by atoms with Crippen LogP contribution in [0.15, 0.2) is 18.2 Å². The number of nitrogens with one attached hydrogen (secondary N) is 1. The normalized spacial score (nSPS) is 17.2. The van der Waals surface area contributed by atoms with Crippen LogP contribution in [-0.2, 0) is 4.79 Å². The number of hydrogen-bond acceptors (Lipinski definition) is 4. The van der Waals surface area contributed by atoms with Gasteiger partial charge in [0.2, 0.25) is 5.91 Å². The Morgan fingerprint density at radius 2 is 1.92 bits per heavy atom. The van der Waals surface area contributed by atoms with Crippen molar-refractivity contribution in [3.8, 4) is 5.75 Å². The molecule has 0 aromatic heterocycles. The lowest BCUT2D eigenvalue weighted by Crippen LogP contribution is -2.39. The first-order valence-electron chi connectivity index (χ1n) is 7.91. The molecular weight excluding hydrogens is 359 g/mol. The predicted octanol–water partition coefficient (Wildman–Crippen LogP) is 2.86. The molecule has 0 atom stereocenters. The van der Waals surface area contributed by atoms with E-state index in [0.29, 0.717) is 42.5 Å². The van der Waals surface area contributed by atoms with Crippen molar-refractivity contribution in [2.45, 2.75) is 12.6 Å². The van der Waals surface area contributed by atoms with Crippen molar-refractivity contribution < 1.29 is 22.7 Å². The van der Waals surface area contributed by atoms with Crippen LogP contribution in [0.25, 0.3) is 0 Å². The van der Waals surface area contributed by atoms with Crippen molar-refractivity contribution in [2.75, 3.05) is 51.7 Å². The summed E-state index contributed by atoms with van der Waals surface area (Å²) in [5.74, 6) is 0.231. The fraction of sp³-hybridized carbons (Fsp3) is 0.562. The Morgan fingerprint density at radius 3 is 2.60 bits per heavy atom. The van der Waals surface area contributed by atoms with Gasteiger partial charge in [-0.25, -0.2) is 0 Å². The number of ether oxygens (including phenoxy) is 1. The largest absolute Gasteiger partial charge is 0.495 e. The Balaban J connectivity index is 1.88. The molecule has 1 aromatic carbocycles. The molecule has 1 aliphatic rings. The molecule has 9 heteroatoms. The highest BCUT2D eigenvalue weighted by Gasteiger charge is 2.31. The van der Waals surface area contributed by atoms with E-state index in [4.69, 9.17) is 16.3 Å². The molecule has 1 aliphatic heterocycles. The smallest absolute Gasteiger partial charge is 0.401 e. The summed E-state index contributed by atoms with van der Waals surface area (Å²) in [7, 11) is 1.49. The highest BCUT2D eigenvalue weighted by atomic mass is 35.5. The molecule has 1 saturated heterocycles. The van der Waals surface area contributed by atoms with Gasteiger partial charge in [0.15, 0.2) is 0 Å². The first-order valence-corrected chi connectivity index (χ1v) is 8.29. The third-order valence-corrected chi connectivity index (χ3v) is 4.12. The second-order valence-electron chi connectivity index (χ2n) is 5.91. The van der Waals surface area contributed by atoms with E-state index in [1.165, 1.54) is 12.0 Å². The van der Waals surface area contributed by atoms with Crippen molar-refractivity contribution in [3.05, 3.63) is 23.2 Å². The molecule has 25 heavy (non-hydrogen) atoms. The van der Waals surface area contributed by atoms with Gasteiger partial charge < -0.3 is 10.1 Å². The van der Waals surface area contributed by atoms with Gasteiger partial charge in [-0.1, -0.05) is 11.6 Å². The highest BCUT2D eigenvalue weighted by Crippen LogP contribution is 2.27. The molecule has 1 aromatic rings. The van der Waals surface area contributed by atoms with Gasteiger partial charge in [-0.05, 0) is 37.7 Å². The molecule has 1 fully saturated rings. The van der Waals surface area contributed by atoms with Crippen LogP contribution in [0.4, 0.5) is 18.9 Å². The second-order valence-corrected chi connectivity index (χ2v) is 6.35. The van der Waals surface area contributed by atoms with E-state index >= 15 is 0 Å². The number of rotatable bonds is 5. The molecule has 0 bridgehead atoms. The maximum atomic E-state index is 12.5. The Hall–Kier alpha value is -1.51. The third kappa shape index (κ3) is 6.72. The summed E-state index contributed by atoms with van der Waals surface area (Å²) < 4.78 is 42.6. The number of carbonyl (C=O) groups excluding carboxylic acids is 1. The second kappa shape index (κ2) is 8.73. The van der Waals surface area contributed by atoms with Gasteiger partial charge in [0, 0.05) is 18.1 Å². The zero-order valence-electron chi connectivity index (χ0n) is 13.9. The Bertz CT molecular complexity index is 598. The first-order chi connectivity index (χ1) is 11.8. The number of halogens is 4. The molecule has 0 radical (unpaired) electrons. The fourth-order valence-corrected chi connectivity index (χ4v) is 2.94. The van der Waals surface area contributed by atoms with Gasteiger partial charge in [-0.3, -0.25) is 14.6 Å². The maximum absolute atomic E-state index is 12.5. The van der Waals surface area contributed by atoms with Crippen molar-refractivity contribution >= 4 is 23.2 Å². The van der Waals surface area contributed by atoms with E-state index in [0.717, 1.165) is 0 Å². The molecular formula is C16H21ClF3N3O2. The van der Waals surface area contributed by atoms with E-state index in [1.807, 2.05) is 4.90 Å². The Kier molecular flexibility index (Phi) is 6.92. The van der Waals surface area contributed by atoms with E-state index in [9.17, 15) is 18.0 Å². The number of anilines is 1. The Labute approximate surface area is 149 Å². The van der Waals surface area contributed by atoms with Gasteiger partial charge in [-0.15, -0.1) is 0 Å². The van der Waals surface area contributed by atoms with Crippen LogP contribution in [0.1, 0.15) is 6.42 Å². The number of nitrogens with zero attached hydrogens (tertiary/aromatic N) is 2. The molecule has 0 spiro atoms. The molecule has 0 aliphatic carbocycles. The monoisotopic (exact) mass is 379 g/mol. The number of amides is 1. The van der Waals surface area contributed by atoms with Crippen LogP contribution in [0, 0.1) is 0 Å². The summed E-state index contributed by atoms with van der Waals surface area (Å²) in [6.07, 6.45) is -3.61. The summed E-state index contributed by atoms with van der Waals surface area (Å²) in [6.45, 7) is 0.847. The summed E-state index contributed by atoms with van der Waals surface area (Å²) in [6, 6.07) is 4.89. The van der Waals surface area contributed by atoms with Crippen LogP contribution in [0.5, 0.6) is 5.75 Å². The third-order valence-electron chi connectivity index (χ3n) is 3.89. The minimum Gasteiger partial charge on any atom is -0.495 e. The standard InChI is InChI=1S/C16H21ClF3N3O2/c1-25-14-4-3-12(17)9-13(14)21-15(24)10-22-5-2-6-23(8-7-22)11-16(18,19)20/h3-4,9H,2,5-8,10-11H2,1H3,(H,21,24). The van der Waals surface area contributed by atoms with Gasteiger partial charge in [0.05, 0.1) is 25.9 Å². The number of methoxy groups -OCH3 is 1. The number of hydrogen-bond donors (Lipinski definition) is 1. The van der Waals surface area contributed by atoms with Gasteiger partial charge in [0.25, 0.3) is 0 Å². The first kappa shape index (κ1) is 19.8. The van der Waals surface area contributed by atoms with Gasteiger partial charge >= 0.3 is 6.18 Å². The topological polar surface area (TPSA) is 44.8 Å². The zero-order chi connectivity index (χ0) is 18.4. The van der Waals surface area contributed by atoms with Crippen LogP contribution < -0.4 is 10.1 Å². The van der Waals surface area contributed by atoms with E-state index in [1.54, 1.807) is 18.2 Å². The average molecular weight is 380 g/mol. The summed E-state index contributed by atoms with van der Waals surface area (Å²) >= 11 is 5.92. The van der Waals surface area contributed by atoms with E-state index < -0.39 is 12.7 Å². The molecule has 1 heterocycles. The van der Waals surface area contributed by atoms with Crippen molar-refractivity contribution in [3.63, 3.8) is 0 Å². The minimum absolute atomic E-state index is 0.107. The maximum Gasteiger partial charge on any atom is 0.401 e. The van der Waals surface area contributed by atoms with Crippen LogP contribution in [-0.4, -0.2) is 68.3 Å². The molecule has 0 saturated carbocycles. The Morgan fingerprint density at radius 1 is 1.24 bits per heavy atom. The zero-order valence-corrected chi connectivity index (χ0v) is 14.7. The number of benzene rings is 1. The predicted molar refractivity (Wildman–Crippen MR) is 90.2 cm³/mol. The van der Waals surface area contributed by atoms with Crippen molar-refractivity contribution in [2.24, 2.45) is 0 Å². The summed E-state index contributed by atoms with van der Waals surface area (Å²) in [4.78, 5) is 15.5. The summed E-state index contributed by atoms with van der Waals surface area (Å²) in [5.41, 5.74) is 0.466. The minimum atomic E-state index is -4.20. The molecule has 1 N–H and O–H groups in total. The average Bonchev–Trinajstić information content (AvgIpc) is 2.71. The van der Waals surface area contributed by atoms with Crippen LogP contribution in [0.3, 0.4) is 0 Å². The molecule has 2 rings (SSSR count). The van der Waals surface area contributed by atoms with Gasteiger partial charge in [-0.2, -0.15) is 13.2 Å². The van der Waals surface area contributed by atoms with Crippen molar-refractivity contribution in [1.82, 2.24) is 9.80 Å². The molecule has 0 unspecified atom stereocenters. The lowest BCUT2D eigenvalue weighted by Gasteiger charge is -2.22. The SMILES string of the molecule is COc1ccc(Cl)cc1NC(=O)CN1CCCN(CC(F)(F)F)CC1. The number of alkyl halides is 3. The molecule has 1 amide bonds. The van der Waals surface area contributed by atoms with Gasteiger partial charge in [0.1, 0.15) is 5.75 Å².